The molecule has 106 valence electrons. The van der Waals surface area contributed by atoms with Crippen molar-refractivity contribution < 1.29 is 4.52 Å². The van der Waals surface area contributed by atoms with E-state index in [2.05, 4.69) is 26.1 Å². The third-order valence-electron chi connectivity index (χ3n) is 3.12. The second-order valence-electron chi connectivity index (χ2n) is 4.67. The maximum atomic E-state index is 5.59. The maximum absolute atomic E-state index is 5.59. The minimum Gasteiger partial charge on any atom is -0.334 e. The second-order valence-corrected chi connectivity index (χ2v) is 5.59. The Morgan fingerprint density at radius 2 is 1.86 bits per heavy atom. The monoisotopic (exact) mass is 343 g/mol. The summed E-state index contributed by atoms with van der Waals surface area (Å²) in [5.41, 5.74) is 8.58. The van der Waals surface area contributed by atoms with Crippen LogP contribution in [0.3, 0.4) is 0 Å². The summed E-state index contributed by atoms with van der Waals surface area (Å²) in [6, 6.07) is 15.8. The zero-order chi connectivity index (χ0) is 14.7. The van der Waals surface area contributed by atoms with Crippen LogP contribution in [-0.2, 0) is 6.42 Å². The first-order valence-electron chi connectivity index (χ1n) is 6.65. The van der Waals surface area contributed by atoms with E-state index < -0.39 is 0 Å². The third-order valence-corrected chi connectivity index (χ3v) is 3.61. The summed E-state index contributed by atoms with van der Waals surface area (Å²) >= 11 is 3.44. The van der Waals surface area contributed by atoms with Crippen molar-refractivity contribution in [3.8, 4) is 22.8 Å². The SMILES string of the molecule is NCCc1cccc(-c2nc(-c3cccc(Br)c3)no2)c1. The molecule has 5 heteroatoms. The molecule has 1 aromatic heterocycles. The van der Waals surface area contributed by atoms with Crippen LogP contribution in [0.2, 0.25) is 0 Å². The molecule has 0 atom stereocenters. The maximum Gasteiger partial charge on any atom is 0.258 e. The first kappa shape index (κ1) is 14.0. The van der Waals surface area contributed by atoms with Crippen LogP contribution in [0.1, 0.15) is 5.56 Å². The fourth-order valence-corrected chi connectivity index (χ4v) is 2.51. The number of rotatable bonds is 4. The van der Waals surface area contributed by atoms with Gasteiger partial charge in [0.25, 0.3) is 5.89 Å². The van der Waals surface area contributed by atoms with E-state index in [-0.39, 0.29) is 0 Å². The molecule has 0 saturated carbocycles. The van der Waals surface area contributed by atoms with Crippen molar-refractivity contribution >= 4 is 15.9 Å². The Morgan fingerprint density at radius 1 is 1.05 bits per heavy atom. The minimum atomic E-state index is 0.517. The van der Waals surface area contributed by atoms with Crippen LogP contribution >= 0.6 is 15.9 Å². The van der Waals surface area contributed by atoms with Gasteiger partial charge in [-0.25, -0.2) is 0 Å². The molecule has 0 unspecified atom stereocenters. The van der Waals surface area contributed by atoms with Gasteiger partial charge in [-0.1, -0.05) is 45.4 Å². The number of aromatic nitrogens is 2. The normalized spacial score (nSPS) is 10.8. The standard InChI is InChI=1S/C16H14BrN3O/c17-14-6-2-4-12(10-14)15-19-16(21-20-15)13-5-1-3-11(9-13)7-8-18/h1-6,9-10H,7-8,18H2. The molecule has 0 bridgehead atoms. The number of halogens is 1. The van der Waals surface area contributed by atoms with Crippen molar-refractivity contribution in [2.24, 2.45) is 5.73 Å². The molecule has 2 N–H and O–H groups in total. The molecule has 0 amide bonds. The summed E-state index contributed by atoms with van der Waals surface area (Å²) in [5, 5.41) is 4.05. The van der Waals surface area contributed by atoms with Crippen molar-refractivity contribution in [1.82, 2.24) is 10.1 Å². The van der Waals surface area contributed by atoms with Crippen LogP contribution in [0, 0.1) is 0 Å². The highest BCUT2D eigenvalue weighted by molar-refractivity contribution is 9.10. The number of hydrogen-bond donors (Lipinski definition) is 1. The Kier molecular flexibility index (Phi) is 4.13. The van der Waals surface area contributed by atoms with E-state index in [4.69, 9.17) is 10.3 Å². The molecular weight excluding hydrogens is 330 g/mol. The largest absolute Gasteiger partial charge is 0.334 e. The lowest BCUT2D eigenvalue weighted by Crippen LogP contribution is -2.02. The Morgan fingerprint density at radius 3 is 2.67 bits per heavy atom. The van der Waals surface area contributed by atoms with Crippen molar-refractivity contribution in [2.45, 2.75) is 6.42 Å². The van der Waals surface area contributed by atoms with Gasteiger partial charge in [0.05, 0.1) is 0 Å². The van der Waals surface area contributed by atoms with Crippen molar-refractivity contribution in [3.63, 3.8) is 0 Å². The van der Waals surface area contributed by atoms with Gasteiger partial charge in [-0.15, -0.1) is 0 Å². The molecule has 21 heavy (non-hydrogen) atoms. The molecule has 0 aliphatic rings. The van der Waals surface area contributed by atoms with E-state index >= 15 is 0 Å². The second kappa shape index (κ2) is 6.20. The summed E-state index contributed by atoms with van der Waals surface area (Å²) < 4.78 is 6.35. The molecule has 2 aromatic carbocycles. The fourth-order valence-electron chi connectivity index (χ4n) is 2.11. The smallest absolute Gasteiger partial charge is 0.258 e. The van der Waals surface area contributed by atoms with E-state index in [1.54, 1.807) is 0 Å². The lowest BCUT2D eigenvalue weighted by atomic mass is 10.1. The van der Waals surface area contributed by atoms with E-state index in [1.807, 2.05) is 48.5 Å². The lowest BCUT2D eigenvalue weighted by molar-refractivity contribution is 0.432. The van der Waals surface area contributed by atoms with Crippen LogP contribution in [0.4, 0.5) is 0 Å². The van der Waals surface area contributed by atoms with Crippen LogP contribution in [-0.4, -0.2) is 16.7 Å². The molecule has 0 radical (unpaired) electrons. The number of benzene rings is 2. The van der Waals surface area contributed by atoms with Gasteiger partial charge in [-0.05, 0) is 42.8 Å². The first-order chi connectivity index (χ1) is 10.3. The van der Waals surface area contributed by atoms with Gasteiger partial charge in [-0.2, -0.15) is 4.98 Å². The zero-order valence-corrected chi connectivity index (χ0v) is 12.9. The van der Waals surface area contributed by atoms with Gasteiger partial charge in [-0.3, -0.25) is 0 Å². The van der Waals surface area contributed by atoms with Gasteiger partial charge in [0.15, 0.2) is 0 Å². The highest BCUT2D eigenvalue weighted by Crippen LogP contribution is 2.24. The summed E-state index contributed by atoms with van der Waals surface area (Å²) in [4.78, 5) is 4.46. The fraction of sp³-hybridized carbons (Fsp3) is 0.125. The lowest BCUT2D eigenvalue weighted by Gasteiger charge is -2.00. The molecule has 0 aliphatic carbocycles. The van der Waals surface area contributed by atoms with Gasteiger partial charge in [0, 0.05) is 15.6 Å². The van der Waals surface area contributed by atoms with Gasteiger partial charge in [0.2, 0.25) is 5.82 Å². The predicted octanol–water partition coefficient (Wildman–Crippen LogP) is 3.67. The topological polar surface area (TPSA) is 64.9 Å². The highest BCUT2D eigenvalue weighted by Gasteiger charge is 2.11. The van der Waals surface area contributed by atoms with Crippen molar-refractivity contribution in [3.05, 3.63) is 58.6 Å². The van der Waals surface area contributed by atoms with Gasteiger partial charge in [0.1, 0.15) is 0 Å². The van der Waals surface area contributed by atoms with Crippen LogP contribution in [0.15, 0.2) is 57.5 Å². The number of nitrogens with zero attached hydrogens (tertiary/aromatic N) is 2. The summed E-state index contributed by atoms with van der Waals surface area (Å²) in [6.07, 6.45) is 0.834. The van der Waals surface area contributed by atoms with Gasteiger partial charge < -0.3 is 10.3 Å². The Labute approximate surface area is 131 Å². The highest BCUT2D eigenvalue weighted by atomic mass is 79.9. The van der Waals surface area contributed by atoms with E-state index in [0.717, 1.165) is 27.6 Å². The zero-order valence-electron chi connectivity index (χ0n) is 11.3. The number of hydrogen-bond acceptors (Lipinski definition) is 4. The molecule has 0 fully saturated rings. The molecule has 3 aromatic rings. The molecule has 0 aliphatic heterocycles. The van der Waals surface area contributed by atoms with E-state index in [0.29, 0.717) is 18.3 Å². The molecule has 3 rings (SSSR count). The average Bonchev–Trinajstić information content (AvgIpc) is 2.98. The Bertz CT molecular complexity index is 755. The summed E-state index contributed by atoms with van der Waals surface area (Å²) in [6.45, 7) is 0.622. The van der Waals surface area contributed by atoms with E-state index in [1.165, 1.54) is 0 Å². The van der Waals surface area contributed by atoms with Crippen LogP contribution in [0.5, 0.6) is 0 Å². The minimum absolute atomic E-state index is 0.517. The average molecular weight is 344 g/mol. The molecule has 0 spiro atoms. The number of nitrogens with two attached hydrogens (primary N) is 1. The van der Waals surface area contributed by atoms with Crippen molar-refractivity contribution in [1.29, 1.82) is 0 Å². The van der Waals surface area contributed by atoms with Crippen LogP contribution in [0.25, 0.3) is 22.8 Å². The summed E-state index contributed by atoms with van der Waals surface area (Å²) in [5.74, 6) is 1.10. The van der Waals surface area contributed by atoms with Crippen LogP contribution < -0.4 is 5.73 Å². The van der Waals surface area contributed by atoms with Crippen molar-refractivity contribution in [2.75, 3.05) is 6.54 Å². The Balaban J connectivity index is 1.93. The predicted molar refractivity (Wildman–Crippen MR) is 85.6 cm³/mol. The molecule has 4 nitrogen and oxygen atoms in total. The summed E-state index contributed by atoms with van der Waals surface area (Å²) in [7, 11) is 0. The molecular formula is C16H14BrN3O. The third kappa shape index (κ3) is 3.20. The molecule has 1 heterocycles. The van der Waals surface area contributed by atoms with Gasteiger partial charge >= 0.3 is 0 Å². The molecule has 0 saturated heterocycles. The van der Waals surface area contributed by atoms with E-state index in [9.17, 15) is 0 Å². The quantitative estimate of drug-likeness (QED) is 0.784. The first-order valence-corrected chi connectivity index (χ1v) is 7.44. The Hall–Kier alpha value is -1.98.